The molecular formula is C13H25NO4. The van der Waals surface area contributed by atoms with Crippen molar-refractivity contribution < 1.29 is 19.3 Å². The molecular weight excluding hydrogens is 234 g/mol. The lowest BCUT2D eigenvalue weighted by atomic mass is 10.0. The van der Waals surface area contributed by atoms with E-state index in [0.717, 1.165) is 25.9 Å². The number of hydrogen-bond donors (Lipinski definition) is 1. The van der Waals surface area contributed by atoms with Gasteiger partial charge in [0, 0.05) is 39.6 Å². The number of piperidine rings is 1. The van der Waals surface area contributed by atoms with E-state index in [-0.39, 0.29) is 5.79 Å². The molecule has 1 atom stereocenters. The maximum absolute atomic E-state index is 9.63. The van der Waals surface area contributed by atoms with E-state index in [1.807, 2.05) is 0 Å². The van der Waals surface area contributed by atoms with Crippen molar-refractivity contribution in [1.29, 1.82) is 0 Å². The lowest BCUT2D eigenvalue weighted by molar-refractivity contribution is -0.186. The zero-order chi connectivity index (χ0) is 13.4. The van der Waals surface area contributed by atoms with Crippen molar-refractivity contribution >= 4 is 0 Å². The van der Waals surface area contributed by atoms with Crippen molar-refractivity contribution in [2.75, 3.05) is 46.6 Å². The fraction of sp³-hybridized carbons (Fsp3) is 0.846. The molecule has 1 spiro atoms. The largest absolute Gasteiger partial charge is 0.389 e. The van der Waals surface area contributed by atoms with Crippen molar-refractivity contribution in [2.45, 2.75) is 24.7 Å². The second-order valence-electron chi connectivity index (χ2n) is 4.52. The molecule has 2 fully saturated rings. The van der Waals surface area contributed by atoms with Crippen molar-refractivity contribution in [1.82, 2.24) is 4.90 Å². The van der Waals surface area contributed by atoms with E-state index in [9.17, 15) is 5.11 Å². The van der Waals surface area contributed by atoms with Gasteiger partial charge >= 0.3 is 0 Å². The van der Waals surface area contributed by atoms with E-state index in [2.05, 4.69) is 18.1 Å². The zero-order valence-electron chi connectivity index (χ0n) is 11.3. The molecule has 2 saturated heterocycles. The van der Waals surface area contributed by atoms with Crippen LogP contribution in [0.5, 0.6) is 0 Å². The van der Waals surface area contributed by atoms with E-state index >= 15 is 0 Å². The third kappa shape index (κ3) is 4.33. The standard InChI is InChI=1S/C11H21NO4.C2H4/c1-14-9-10(13)8-12-4-2-11(3-5-12)15-6-7-16-11;1-2/h10,13H,2-9H2,1H3;1-2H2. The maximum atomic E-state index is 9.63. The monoisotopic (exact) mass is 259 g/mol. The highest BCUT2D eigenvalue weighted by Crippen LogP contribution is 2.31. The van der Waals surface area contributed by atoms with Crippen molar-refractivity contribution in [3.05, 3.63) is 13.2 Å². The van der Waals surface area contributed by atoms with Gasteiger partial charge < -0.3 is 24.2 Å². The van der Waals surface area contributed by atoms with Crippen LogP contribution in [0.25, 0.3) is 0 Å². The number of aliphatic hydroxyl groups excluding tert-OH is 1. The van der Waals surface area contributed by atoms with Gasteiger partial charge in [0.2, 0.25) is 0 Å². The summed E-state index contributed by atoms with van der Waals surface area (Å²) in [6, 6.07) is 0. The second kappa shape index (κ2) is 7.86. The number of ether oxygens (including phenoxy) is 3. The predicted octanol–water partition coefficient (Wildman–Crippen LogP) is 0.635. The second-order valence-corrected chi connectivity index (χ2v) is 4.52. The Morgan fingerprint density at radius 1 is 1.28 bits per heavy atom. The van der Waals surface area contributed by atoms with Gasteiger partial charge in [-0.2, -0.15) is 0 Å². The summed E-state index contributed by atoms with van der Waals surface area (Å²) in [5.74, 6) is -0.317. The lowest BCUT2D eigenvalue weighted by Crippen LogP contribution is -2.47. The molecule has 106 valence electrons. The van der Waals surface area contributed by atoms with Crippen molar-refractivity contribution in [2.24, 2.45) is 0 Å². The van der Waals surface area contributed by atoms with Crippen LogP contribution < -0.4 is 0 Å². The van der Waals surface area contributed by atoms with Gasteiger partial charge in [-0.1, -0.05) is 0 Å². The minimum Gasteiger partial charge on any atom is -0.389 e. The first-order valence-electron chi connectivity index (χ1n) is 6.41. The van der Waals surface area contributed by atoms with Crippen LogP contribution in [0.2, 0.25) is 0 Å². The number of likely N-dealkylation sites (tertiary alicyclic amines) is 1. The summed E-state index contributed by atoms with van der Waals surface area (Å²) < 4.78 is 16.2. The Kier molecular flexibility index (Phi) is 6.81. The number of β-amino-alcohol motifs (C(OH)–C–C–N with tert-alkyl or cyclic N) is 1. The van der Waals surface area contributed by atoms with Crippen molar-refractivity contribution in [3.63, 3.8) is 0 Å². The molecule has 0 radical (unpaired) electrons. The van der Waals surface area contributed by atoms with Gasteiger partial charge in [0.15, 0.2) is 5.79 Å². The summed E-state index contributed by atoms with van der Waals surface area (Å²) in [5.41, 5.74) is 0. The van der Waals surface area contributed by atoms with Gasteiger partial charge in [-0.3, -0.25) is 0 Å². The average Bonchev–Trinajstić information content (AvgIpc) is 2.84. The van der Waals surface area contributed by atoms with E-state index in [0.29, 0.717) is 26.4 Å². The molecule has 1 unspecified atom stereocenters. The number of aliphatic hydroxyl groups is 1. The Bertz CT molecular complexity index is 221. The van der Waals surface area contributed by atoms with Gasteiger partial charge in [-0.05, 0) is 0 Å². The van der Waals surface area contributed by atoms with Gasteiger partial charge in [0.25, 0.3) is 0 Å². The summed E-state index contributed by atoms with van der Waals surface area (Å²) >= 11 is 0. The smallest absolute Gasteiger partial charge is 0.170 e. The highest BCUT2D eigenvalue weighted by Gasteiger charge is 2.39. The molecule has 0 amide bonds. The molecule has 0 bridgehead atoms. The minimum atomic E-state index is -0.399. The molecule has 0 saturated carbocycles. The maximum Gasteiger partial charge on any atom is 0.170 e. The minimum absolute atomic E-state index is 0.317. The number of methoxy groups -OCH3 is 1. The van der Waals surface area contributed by atoms with Crippen LogP contribution in [0.3, 0.4) is 0 Å². The summed E-state index contributed by atoms with van der Waals surface area (Å²) in [6.45, 7) is 10.3. The molecule has 0 aliphatic carbocycles. The zero-order valence-corrected chi connectivity index (χ0v) is 11.3. The summed E-state index contributed by atoms with van der Waals surface area (Å²) in [6.07, 6.45) is 1.39. The Balaban J connectivity index is 0.000000771. The molecule has 1 N–H and O–H groups in total. The molecule has 0 aromatic heterocycles. The Morgan fingerprint density at radius 3 is 2.33 bits per heavy atom. The molecule has 2 aliphatic heterocycles. The highest BCUT2D eigenvalue weighted by atomic mass is 16.7. The molecule has 0 aromatic carbocycles. The fourth-order valence-corrected chi connectivity index (χ4v) is 2.41. The van der Waals surface area contributed by atoms with Crippen LogP contribution in [-0.4, -0.2) is 68.5 Å². The van der Waals surface area contributed by atoms with Crippen LogP contribution in [0, 0.1) is 0 Å². The first-order chi connectivity index (χ1) is 8.74. The molecule has 5 nitrogen and oxygen atoms in total. The van der Waals surface area contributed by atoms with E-state index in [1.54, 1.807) is 7.11 Å². The van der Waals surface area contributed by atoms with Crippen molar-refractivity contribution in [3.8, 4) is 0 Å². The Morgan fingerprint density at radius 2 is 1.83 bits per heavy atom. The number of hydrogen-bond acceptors (Lipinski definition) is 5. The highest BCUT2D eigenvalue weighted by molar-refractivity contribution is 4.83. The molecule has 5 heteroatoms. The predicted molar refractivity (Wildman–Crippen MR) is 69.4 cm³/mol. The van der Waals surface area contributed by atoms with Gasteiger partial charge in [-0.15, -0.1) is 13.2 Å². The number of rotatable bonds is 4. The SMILES string of the molecule is C=C.COCC(O)CN1CCC2(CC1)OCCO2. The van der Waals surface area contributed by atoms with E-state index < -0.39 is 6.10 Å². The van der Waals surface area contributed by atoms with Crippen LogP contribution in [0.1, 0.15) is 12.8 Å². The molecule has 0 aromatic rings. The Hall–Kier alpha value is -0.460. The van der Waals surface area contributed by atoms with Gasteiger partial charge in [0.05, 0.1) is 25.9 Å². The first kappa shape index (κ1) is 15.6. The van der Waals surface area contributed by atoms with Gasteiger partial charge in [0.1, 0.15) is 0 Å². The normalized spacial score (nSPS) is 24.6. The molecule has 18 heavy (non-hydrogen) atoms. The third-order valence-corrected chi connectivity index (χ3v) is 3.26. The van der Waals surface area contributed by atoms with Crippen LogP contribution in [0.4, 0.5) is 0 Å². The summed E-state index contributed by atoms with van der Waals surface area (Å²) in [4.78, 5) is 2.24. The molecule has 2 aliphatic rings. The summed E-state index contributed by atoms with van der Waals surface area (Å²) in [7, 11) is 1.61. The first-order valence-corrected chi connectivity index (χ1v) is 6.41. The third-order valence-electron chi connectivity index (χ3n) is 3.26. The van der Waals surface area contributed by atoms with E-state index in [1.165, 1.54) is 0 Å². The summed E-state index contributed by atoms with van der Waals surface area (Å²) in [5, 5.41) is 9.63. The molecule has 2 heterocycles. The van der Waals surface area contributed by atoms with E-state index in [4.69, 9.17) is 14.2 Å². The fourth-order valence-electron chi connectivity index (χ4n) is 2.41. The quantitative estimate of drug-likeness (QED) is 0.751. The van der Waals surface area contributed by atoms with Crippen LogP contribution in [-0.2, 0) is 14.2 Å². The molecule has 2 rings (SSSR count). The lowest BCUT2D eigenvalue weighted by Gasteiger charge is -2.38. The topological polar surface area (TPSA) is 51.2 Å². The van der Waals surface area contributed by atoms with Gasteiger partial charge in [-0.25, -0.2) is 0 Å². The average molecular weight is 259 g/mol. The number of nitrogens with zero attached hydrogens (tertiary/aromatic N) is 1. The van der Waals surface area contributed by atoms with Crippen LogP contribution in [0.15, 0.2) is 13.2 Å². The van der Waals surface area contributed by atoms with Crippen LogP contribution >= 0.6 is 0 Å². The Labute approximate surface area is 109 Å².